The summed E-state index contributed by atoms with van der Waals surface area (Å²) >= 11 is 0. The number of hydrogen-bond acceptors (Lipinski definition) is 3. The van der Waals surface area contributed by atoms with E-state index in [-0.39, 0.29) is 0 Å². The van der Waals surface area contributed by atoms with Gasteiger partial charge in [-0.15, -0.1) is 0 Å². The molecule has 0 saturated heterocycles. The Balaban J connectivity index is 2.23. The summed E-state index contributed by atoms with van der Waals surface area (Å²) in [6.45, 7) is 0. The molecular weight excluding hydrogens is 294 g/mol. The van der Waals surface area contributed by atoms with Crippen molar-refractivity contribution in [2.24, 2.45) is 0 Å². The molecule has 1 aromatic carbocycles. The molecule has 0 bridgehead atoms. The van der Waals surface area contributed by atoms with Crippen LogP contribution in [-0.2, 0) is 19.7 Å². The highest BCUT2D eigenvalue weighted by Gasteiger charge is 2.36. The van der Waals surface area contributed by atoms with Gasteiger partial charge in [0, 0.05) is 33.4 Å². The smallest absolute Gasteiger partial charge is 0.377 e. The zero-order valence-electron chi connectivity index (χ0n) is 13.0. The standard InChI is InChI=1S/C15H24F2O3Si/c1-18-21(19-2,20-3)11-7-5-4-6-8-13-9-10-14(16)12-15(13)17/h9-10,12H,4-8,11H2,1-3H3. The monoisotopic (exact) mass is 318 g/mol. The second-order valence-electron chi connectivity index (χ2n) is 4.95. The summed E-state index contributed by atoms with van der Waals surface area (Å²) < 4.78 is 42.3. The van der Waals surface area contributed by atoms with Gasteiger partial charge in [0.15, 0.2) is 0 Å². The predicted octanol–water partition coefficient (Wildman–Crippen LogP) is 3.95. The molecule has 0 spiro atoms. The number of benzene rings is 1. The summed E-state index contributed by atoms with van der Waals surface area (Å²) in [6, 6.07) is 4.53. The Bertz CT molecular complexity index is 417. The Hall–Kier alpha value is -0.823. The molecule has 1 aromatic rings. The van der Waals surface area contributed by atoms with Crippen LogP contribution >= 0.6 is 0 Å². The zero-order chi connectivity index (χ0) is 15.7. The molecule has 0 N–H and O–H groups in total. The number of aryl methyl sites for hydroxylation is 1. The maximum atomic E-state index is 13.4. The molecule has 0 amide bonds. The lowest BCUT2D eigenvalue weighted by Crippen LogP contribution is -2.42. The number of hydrogen-bond donors (Lipinski definition) is 0. The first-order valence-corrected chi connectivity index (χ1v) is 9.09. The summed E-state index contributed by atoms with van der Waals surface area (Å²) in [5.74, 6) is -0.990. The molecule has 120 valence electrons. The normalized spacial score (nSPS) is 11.9. The van der Waals surface area contributed by atoms with E-state index in [1.165, 1.54) is 12.1 Å². The fraction of sp³-hybridized carbons (Fsp3) is 0.600. The maximum Gasteiger partial charge on any atom is 0.500 e. The molecule has 0 saturated carbocycles. The van der Waals surface area contributed by atoms with Gasteiger partial charge in [-0.2, -0.15) is 0 Å². The van der Waals surface area contributed by atoms with E-state index in [1.807, 2.05) is 0 Å². The van der Waals surface area contributed by atoms with E-state index >= 15 is 0 Å². The molecule has 21 heavy (non-hydrogen) atoms. The zero-order valence-corrected chi connectivity index (χ0v) is 14.0. The molecule has 6 heteroatoms. The Morgan fingerprint density at radius 3 is 2.10 bits per heavy atom. The van der Waals surface area contributed by atoms with Crippen LogP contribution in [0.1, 0.15) is 31.2 Å². The second kappa shape index (κ2) is 9.25. The van der Waals surface area contributed by atoms with Gasteiger partial charge in [-0.1, -0.05) is 18.9 Å². The van der Waals surface area contributed by atoms with Crippen LogP contribution in [0.4, 0.5) is 8.78 Å². The van der Waals surface area contributed by atoms with E-state index in [0.717, 1.165) is 37.8 Å². The van der Waals surface area contributed by atoms with E-state index in [1.54, 1.807) is 21.3 Å². The molecule has 0 aliphatic rings. The lowest BCUT2D eigenvalue weighted by Gasteiger charge is -2.24. The van der Waals surface area contributed by atoms with Crippen molar-refractivity contribution in [3.8, 4) is 0 Å². The fourth-order valence-corrected chi connectivity index (χ4v) is 4.09. The minimum Gasteiger partial charge on any atom is -0.377 e. The van der Waals surface area contributed by atoms with Crippen LogP contribution in [0.2, 0.25) is 6.04 Å². The maximum absolute atomic E-state index is 13.4. The van der Waals surface area contributed by atoms with Crippen molar-refractivity contribution in [1.29, 1.82) is 0 Å². The molecule has 0 aliphatic carbocycles. The van der Waals surface area contributed by atoms with E-state index in [2.05, 4.69) is 0 Å². The Kier molecular flexibility index (Phi) is 8.03. The van der Waals surface area contributed by atoms with Crippen molar-refractivity contribution >= 4 is 8.80 Å². The topological polar surface area (TPSA) is 27.7 Å². The lowest BCUT2D eigenvalue weighted by atomic mass is 10.1. The van der Waals surface area contributed by atoms with Crippen LogP contribution in [0.15, 0.2) is 18.2 Å². The highest BCUT2D eigenvalue weighted by Crippen LogP contribution is 2.19. The number of unbranched alkanes of at least 4 members (excludes halogenated alkanes) is 3. The first kappa shape index (κ1) is 18.2. The summed E-state index contributed by atoms with van der Waals surface area (Å²) in [4.78, 5) is 0. The van der Waals surface area contributed by atoms with Crippen LogP contribution in [0, 0.1) is 11.6 Å². The van der Waals surface area contributed by atoms with Gasteiger partial charge in [-0.3, -0.25) is 0 Å². The Morgan fingerprint density at radius 1 is 0.905 bits per heavy atom. The van der Waals surface area contributed by atoms with E-state index in [4.69, 9.17) is 13.3 Å². The van der Waals surface area contributed by atoms with E-state index < -0.39 is 20.4 Å². The van der Waals surface area contributed by atoms with Gasteiger partial charge in [0.1, 0.15) is 11.6 Å². The number of rotatable bonds is 10. The quantitative estimate of drug-likeness (QED) is 0.483. The van der Waals surface area contributed by atoms with Gasteiger partial charge in [0.05, 0.1) is 0 Å². The second-order valence-corrected chi connectivity index (χ2v) is 8.04. The third kappa shape index (κ3) is 5.82. The molecule has 0 fully saturated rings. The van der Waals surface area contributed by atoms with Crippen molar-refractivity contribution in [1.82, 2.24) is 0 Å². The molecule has 0 atom stereocenters. The highest BCUT2D eigenvalue weighted by molar-refractivity contribution is 6.60. The summed E-state index contributed by atoms with van der Waals surface area (Å²) in [7, 11) is 2.36. The minimum absolute atomic E-state index is 0.459. The van der Waals surface area contributed by atoms with Gasteiger partial charge in [-0.25, -0.2) is 8.78 Å². The molecule has 1 rings (SSSR count). The molecule has 0 unspecified atom stereocenters. The number of halogens is 2. The van der Waals surface area contributed by atoms with Crippen LogP contribution in [0.3, 0.4) is 0 Å². The van der Waals surface area contributed by atoms with Crippen molar-refractivity contribution in [2.45, 2.75) is 38.1 Å². The molecule has 0 aliphatic heterocycles. The molecule has 0 aromatic heterocycles. The van der Waals surface area contributed by atoms with E-state index in [0.29, 0.717) is 12.0 Å². The van der Waals surface area contributed by atoms with Gasteiger partial charge in [0.25, 0.3) is 0 Å². The SMILES string of the molecule is CO[Si](CCCCCCc1ccc(F)cc1F)(OC)OC. The van der Waals surface area contributed by atoms with Crippen molar-refractivity contribution in [3.05, 3.63) is 35.4 Å². The molecule has 0 radical (unpaired) electrons. The van der Waals surface area contributed by atoms with Gasteiger partial charge in [0.2, 0.25) is 0 Å². The van der Waals surface area contributed by atoms with Crippen molar-refractivity contribution < 1.29 is 22.1 Å². The Labute approximate surface area is 126 Å². The van der Waals surface area contributed by atoms with Gasteiger partial charge < -0.3 is 13.3 Å². The first-order valence-electron chi connectivity index (χ1n) is 7.16. The van der Waals surface area contributed by atoms with E-state index in [9.17, 15) is 8.78 Å². The van der Waals surface area contributed by atoms with Crippen LogP contribution in [0.25, 0.3) is 0 Å². The van der Waals surface area contributed by atoms with Crippen molar-refractivity contribution in [3.63, 3.8) is 0 Å². The van der Waals surface area contributed by atoms with Crippen LogP contribution < -0.4 is 0 Å². The summed E-state index contributed by atoms with van der Waals surface area (Å²) in [5, 5.41) is 0. The first-order chi connectivity index (χ1) is 10.1. The molecule has 0 heterocycles. The molecule has 3 nitrogen and oxygen atoms in total. The third-order valence-corrected chi connectivity index (χ3v) is 6.46. The fourth-order valence-electron chi connectivity index (χ4n) is 2.29. The average molecular weight is 318 g/mol. The highest BCUT2D eigenvalue weighted by atomic mass is 28.4. The van der Waals surface area contributed by atoms with Gasteiger partial charge >= 0.3 is 8.80 Å². The predicted molar refractivity (Wildman–Crippen MR) is 80.1 cm³/mol. The largest absolute Gasteiger partial charge is 0.500 e. The summed E-state index contributed by atoms with van der Waals surface area (Å²) in [5.41, 5.74) is 0.575. The molecular formula is C15H24F2O3Si. The van der Waals surface area contributed by atoms with Crippen LogP contribution in [-0.4, -0.2) is 30.1 Å². The lowest BCUT2D eigenvalue weighted by molar-refractivity contribution is 0.122. The minimum atomic E-state index is -2.46. The van der Waals surface area contributed by atoms with Gasteiger partial charge in [-0.05, 0) is 30.9 Å². The van der Waals surface area contributed by atoms with Crippen molar-refractivity contribution in [2.75, 3.05) is 21.3 Å². The van der Waals surface area contributed by atoms with Crippen LogP contribution in [0.5, 0.6) is 0 Å². The summed E-state index contributed by atoms with van der Waals surface area (Å²) in [6.07, 6.45) is 4.46. The average Bonchev–Trinajstić information content (AvgIpc) is 2.49. The Morgan fingerprint density at radius 2 is 1.52 bits per heavy atom. The third-order valence-electron chi connectivity index (χ3n) is 3.63.